The number of rotatable bonds is 8. The van der Waals surface area contributed by atoms with Crippen LogP contribution in [0.5, 0.6) is 0 Å². The van der Waals surface area contributed by atoms with Gasteiger partial charge in [-0.1, -0.05) is 31.0 Å². The topological polar surface area (TPSA) is 82.5 Å². The number of aliphatic hydroxyl groups is 1. The molecule has 0 bridgehead atoms. The molecule has 1 aromatic heterocycles. The molecular weight excluding hydrogens is 268 g/mol. The summed E-state index contributed by atoms with van der Waals surface area (Å²) in [5.74, 6) is -0.976. The van der Waals surface area contributed by atoms with Crippen molar-refractivity contribution < 1.29 is 15.0 Å². The predicted molar refractivity (Wildman–Crippen MR) is 82.7 cm³/mol. The summed E-state index contributed by atoms with van der Waals surface area (Å²) in [5, 5.41) is 22.1. The number of carboxylic acid groups (broad SMARTS) is 1. The van der Waals surface area contributed by atoms with Crippen LogP contribution in [0.15, 0.2) is 30.5 Å². The zero-order valence-corrected chi connectivity index (χ0v) is 11.9. The van der Waals surface area contributed by atoms with Crippen molar-refractivity contribution in [2.75, 3.05) is 18.5 Å². The van der Waals surface area contributed by atoms with Gasteiger partial charge in [0.25, 0.3) is 0 Å². The summed E-state index contributed by atoms with van der Waals surface area (Å²) in [5.41, 5.74) is 1.62. The number of carbonyl (C=O) groups is 1. The molecule has 0 aliphatic rings. The Morgan fingerprint density at radius 3 is 2.67 bits per heavy atom. The highest BCUT2D eigenvalue weighted by Gasteiger charge is 2.13. The van der Waals surface area contributed by atoms with E-state index in [4.69, 9.17) is 5.11 Å². The molecule has 0 fully saturated rings. The van der Waals surface area contributed by atoms with Crippen LogP contribution in [0.3, 0.4) is 0 Å². The van der Waals surface area contributed by atoms with Crippen molar-refractivity contribution in [2.24, 2.45) is 0 Å². The quantitative estimate of drug-likeness (QED) is 0.651. The zero-order chi connectivity index (χ0) is 15.1. The molecule has 21 heavy (non-hydrogen) atoms. The van der Waals surface area contributed by atoms with Crippen molar-refractivity contribution in [1.82, 2.24) is 4.98 Å². The summed E-state index contributed by atoms with van der Waals surface area (Å²) < 4.78 is 0. The lowest BCUT2D eigenvalue weighted by atomic mass is 10.1. The van der Waals surface area contributed by atoms with Gasteiger partial charge < -0.3 is 15.5 Å². The first-order chi connectivity index (χ1) is 10.2. The fraction of sp³-hybridized carbons (Fsp3) is 0.375. The third kappa shape index (κ3) is 3.92. The lowest BCUT2D eigenvalue weighted by Crippen LogP contribution is -2.09. The van der Waals surface area contributed by atoms with Crippen molar-refractivity contribution in [3.05, 3.63) is 36.0 Å². The van der Waals surface area contributed by atoms with Crippen LogP contribution in [0, 0.1) is 0 Å². The van der Waals surface area contributed by atoms with Crippen LogP contribution in [0.4, 0.5) is 5.69 Å². The van der Waals surface area contributed by atoms with Gasteiger partial charge >= 0.3 is 5.97 Å². The molecule has 3 N–H and O–H groups in total. The first-order valence-electron chi connectivity index (χ1n) is 7.20. The van der Waals surface area contributed by atoms with E-state index in [1.807, 2.05) is 24.3 Å². The second kappa shape index (κ2) is 7.59. The van der Waals surface area contributed by atoms with Crippen LogP contribution in [0.1, 0.15) is 36.0 Å². The van der Waals surface area contributed by atoms with E-state index in [9.17, 15) is 9.90 Å². The molecule has 112 valence electrons. The molecule has 5 heteroatoms. The fourth-order valence-corrected chi connectivity index (χ4v) is 2.30. The monoisotopic (exact) mass is 288 g/mol. The van der Waals surface area contributed by atoms with Crippen LogP contribution < -0.4 is 5.32 Å². The SMILES string of the molecule is O=C(O)c1cnc2ccccc2c1NCCCCCCO. The average molecular weight is 288 g/mol. The van der Waals surface area contributed by atoms with Crippen molar-refractivity contribution in [3.63, 3.8) is 0 Å². The molecule has 2 rings (SSSR count). The maximum Gasteiger partial charge on any atom is 0.339 e. The van der Waals surface area contributed by atoms with Gasteiger partial charge in [0.2, 0.25) is 0 Å². The number of pyridine rings is 1. The van der Waals surface area contributed by atoms with E-state index < -0.39 is 5.97 Å². The van der Waals surface area contributed by atoms with E-state index in [1.54, 1.807) is 0 Å². The number of nitrogens with zero attached hydrogens (tertiary/aromatic N) is 1. The highest BCUT2D eigenvalue weighted by atomic mass is 16.4. The van der Waals surface area contributed by atoms with E-state index in [-0.39, 0.29) is 12.2 Å². The third-order valence-corrected chi connectivity index (χ3v) is 3.39. The first-order valence-corrected chi connectivity index (χ1v) is 7.20. The normalized spacial score (nSPS) is 10.7. The van der Waals surface area contributed by atoms with E-state index in [2.05, 4.69) is 10.3 Å². The average Bonchev–Trinajstić information content (AvgIpc) is 2.50. The van der Waals surface area contributed by atoms with E-state index in [1.165, 1.54) is 6.20 Å². The Morgan fingerprint density at radius 2 is 1.90 bits per heavy atom. The van der Waals surface area contributed by atoms with Crippen LogP contribution in [0.25, 0.3) is 10.9 Å². The van der Waals surface area contributed by atoms with Gasteiger partial charge in [-0.3, -0.25) is 4.98 Å². The van der Waals surface area contributed by atoms with Crippen molar-refractivity contribution in [1.29, 1.82) is 0 Å². The van der Waals surface area contributed by atoms with Crippen molar-refractivity contribution >= 4 is 22.6 Å². The summed E-state index contributed by atoms with van der Waals surface area (Å²) in [6.45, 7) is 0.936. The largest absolute Gasteiger partial charge is 0.478 e. The van der Waals surface area contributed by atoms with Crippen molar-refractivity contribution in [3.8, 4) is 0 Å². The van der Waals surface area contributed by atoms with Gasteiger partial charge in [-0.05, 0) is 18.9 Å². The lowest BCUT2D eigenvalue weighted by molar-refractivity contribution is 0.0697. The van der Waals surface area contributed by atoms with Gasteiger partial charge in [-0.2, -0.15) is 0 Å². The highest BCUT2D eigenvalue weighted by Crippen LogP contribution is 2.25. The highest BCUT2D eigenvalue weighted by molar-refractivity contribution is 6.04. The number of aromatic carboxylic acids is 1. The van der Waals surface area contributed by atoms with Gasteiger partial charge in [0.15, 0.2) is 0 Å². The number of nitrogens with one attached hydrogen (secondary N) is 1. The van der Waals surface area contributed by atoms with Crippen LogP contribution >= 0.6 is 0 Å². The predicted octanol–water partition coefficient (Wildman–Crippen LogP) is 2.90. The van der Waals surface area contributed by atoms with E-state index in [0.717, 1.165) is 36.6 Å². The van der Waals surface area contributed by atoms with Gasteiger partial charge in [0, 0.05) is 24.7 Å². The molecule has 0 unspecified atom stereocenters. The first kappa shape index (κ1) is 15.3. The number of hydrogen-bond acceptors (Lipinski definition) is 4. The second-order valence-electron chi connectivity index (χ2n) is 4.93. The minimum absolute atomic E-state index is 0.198. The molecule has 0 spiro atoms. The lowest BCUT2D eigenvalue weighted by Gasteiger charge is -2.12. The molecule has 1 heterocycles. The molecule has 0 saturated carbocycles. The van der Waals surface area contributed by atoms with Crippen LogP contribution in [-0.2, 0) is 0 Å². The maximum absolute atomic E-state index is 11.3. The summed E-state index contributed by atoms with van der Waals surface area (Å²) in [4.78, 5) is 15.5. The summed E-state index contributed by atoms with van der Waals surface area (Å²) >= 11 is 0. The van der Waals surface area contributed by atoms with Gasteiger partial charge in [0.1, 0.15) is 5.56 Å². The zero-order valence-electron chi connectivity index (χ0n) is 11.9. The molecule has 0 atom stereocenters. The smallest absolute Gasteiger partial charge is 0.339 e. The number of carboxylic acids is 1. The molecular formula is C16H20N2O3. The Bertz CT molecular complexity index is 613. The number of para-hydroxylation sites is 1. The Balaban J connectivity index is 2.12. The molecule has 5 nitrogen and oxygen atoms in total. The standard InChI is InChI=1S/C16H20N2O3/c19-10-6-2-1-5-9-17-15-12-7-3-4-8-14(12)18-11-13(15)16(20)21/h3-4,7-8,11,19H,1-2,5-6,9-10H2,(H,17,18)(H,20,21). The molecule has 0 saturated heterocycles. The van der Waals surface area contributed by atoms with Crippen LogP contribution in [0.2, 0.25) is 0 Å². The van der Waals surface area contributed by atoms with E-state index >= 15 is 0 Å². The number of benzene rings is 1. The minimum Gasteiger partial charge on any atom is -0.478 e. The maximum atomic E-state index is 11.3. The number of anilines is 1. The van der Waals surface area contributed by atoms with Gasteiger partial charge in [-0.15, -0.1) is 0 Å². The molecule has 0 aliphatic carbocycles. The number of aliphatic hydroxyl groups excluding tert-OH is 1. The Morgan fingerprint density at radius 1 is 1.14 bits per heavy atom. The van der Waals surface area contributed by atoms with E-state index in [0.29, 0.717) is 12.2 Å². The molecule has 2 aromatic rings. The third-order valence-electron chi connectivity index (χ3n) is 3.39. The second-order valence-corrected chi connectivity index (χ2v) is 4.93. The van der Waals surface area contributed by atoms with Crippen molar-refractivity contribution in [2.45, 2.75) is 25.7 Å². The van der Waals surface area contributed by atoms with Crippen LogP contribution in [-0.4, -0.2) is 34.3 Å². The molecule has 0 aliphatic heterocycles. The molecule has 0 amide bonds. The Labute approximate surface area is 123 Å². The molecule has 0 radical (unpaired) electrons. The molecule has 1 aromatic carbocycles. The number of unbranched alkanes of at least 4 members (excludes halogenated alkanes) is 3. The summed E-state index contributed by atoms with van der Waals surface area (Å²) in [7, 11) is 0. The fourth-order valence-electron chi connectivity index (χ4n) is 2.30. The Hall–Kier alpha value is -2.14. The summed E-state index contributed by atoms with van der Waals surface area (Å²) in [6, 6.07) is 7.51. The number of fused-ring (bicyclic) bond motifs is 1. The minimum atomic E-state index is -0.976. The van der Waals surface area contributed by atoms with Gasteiger partial charge in [0.05, 0.1) is 11.2 Å². The Kier molecular flexibility index (Phi) is 5.51. The number of hydrogen-bond donors (Lipinski definition) is 3. The number of aromatic nitrogens is 1. The van der Waals surface area contributed by atoms with Gasteiger partial charge in [-0.25, -0.2) is 4.79 Å². The summed E-state index contributed by atoms with van der Waals surface area (Å²) in [6.07, 6.45) is 5.16.